The average molecular weight is 171 g/mol. The lowest BCUT2D eigenvalue weighted by molar-refractivity contribution is -0.0508. The lowest BCUT2D eigenvalue weighted by Gasteiger charge is -2.17. The molecule has 0 atom stereocenters. The van der Waals surface area contributed by atoms with Crippen molar-refractivity contribution in [1.82, 2.24) is 4.90 Å². The third kappa shape index (κ3) is 2.19. The van der Waals surface area contributed by atoms with Crippen LogP contribution in [0.3, 0.4) is 0 Å². The molecule has 0 radical (unpaired) electrons. The number of hydrogen-bond donors (Lipinski definition) is 0. The molecule has 3 nitrogen and oxygen atoms in total. The molecule has 0 N–H and O–H groups in total. The van der Waals surface area contributed by atoms with E-state index < -0.39 is 0 Å². The Morgan fingerprint density at radius 3 is 2.50 bits per heavy atom. The maximum absolute atomic E-state index is 5.35. The smallest absolute Gasteiger partial charge is 0.159 e. The van der Waals surface area contributed by atoms with Crippen LogP contribution in [0.15, 0.2) is 0 Å². The first-order valence-corrected chi connectivity index (χ1v) is 4.80. The Labute approximate surface area is 73.6 Å². The van der Waals surface area contributed by atoms with E-state index in [9.17, 15) is 0 Å². The standard InChI is InChI=1S/C9H17NO2/c1-10(8-2-3-8)5-4-9-11-6-7-12-9/h8-9H,2-7H2,1H3. The fourth-order valence-electron chi connectivity index (χ4n) is 1.58. The fourth-order valence-corrected chi connectivity index (χ4v) is 1.58. The van der Waals surface area contributed by atoms with Gasteiger partial charge in [-0.25, -0.2) is 0 Å². The van der Waals surface area contributed by atoms with Crippen molar-refractivity contribution in [1.29, 1.82) is 0 Å². The quantitative estimate of drug-likeness (QED) is 0.625. The maximum Gasteiger partial charge on any atom is 0.159 e. The fraction of sp³-hybridized carbons (Fsp3) is 1.00. The van der Waals surface area contributed by atoms with Gasteiger partial charge >= 0.3 is 0 Å². The van der Waals surface area contributed by atoms with Crippen LogP contribution < -0.4 is 0 Å². The molecule has 0 aromatic heterocycles. The molecule has 1 aliphatic heterocycles. The van der Waals surface area contributed by atoms with Gasteiger partial charge in [-0.05, 0) is 19.9 Å². The number of ether oxygens (including phenoxy) is 2. The summed E-state index contributed by atoms with van der Waals surface area (Å²) in [5, 5.41) is 0. The predicted octanol–water partition coefficient (Wildman–Crippen LogP) is 0.844. The first-order chi connectivity index (χ1) is 5.86. The lowest BCUT2D eigenvalue weighted by Crippen LogP contribution is -2.25. The molecule has 1 heterocycles. The van der Waals surface area contributed by atoms with Gasteiger partial charge < -0.3 is 14.4 Å². The summed E-state index contributed by atoms with van der Waals surface area (Å²) < 4.78 is 10.7. The molecule has 0 unspecified atom stereocenters. The second-order valence-electron chi connectivity index (χ2n) is 3.67. The van der Waals surface area contributed by atoms with Crippen molar-refractivity contribution in [3.8, 4) is 0 Å². The molecular formula is C9H17NO2. The van der Waals surface area contributed by atoms with Gasteiger partial charge in [-0.2, -0.15) is 0 Å². The van der Waals surface area contributed by atoms with E-state index in [0.717, 1.165) is 32.2 Å². The average Bonchev–Trinajstić information content (AvgIpc) is 2.80. The molecule has 0 amide bonds. The Balaban J connectivity index is 1.60. The first-order valence-electron chi connectivity index (χ1n) is 4.80. The van der Waals surface area contributed by atoms with Crippen LogP contribution in [0.25, 0.3) is 0 Å². The summed E-state index contributed by atoms with van der Waals surface area (Å²) in [4.78, 5) is 2.41. The van der Waals surface area contributed by atoms with Gasteiger partial charge in [0.2, 0.25) is 0 Å². The minimum atomic E-state index is 0.0752. The van der Waals surface area contributed by atoms with E-state index in [0.29, 0.717) is 0 Å². The highest BCUT2D eigenvalue weighted by Crippen LogP contribution is 2.25. The predicted molar refractivity (Wildman–Crippen MR) is 46.0 cm³/mol. The molecular weight excluding hydrogens is 154 g/mol. The highest BCUT2D eigenvalue weighted by Gasteiger charge is 2.26. The zero-order chi connectivity index (χ0) is 8.39. The maximum atomic E-state index is 5.35. The monoisotopic (exact) mass is 171 g/mol. The minimum absolute atomic E-state index is 0.0752. The topological polar surface area (TPSA) is 21.7 Å². The molecule has 70 valence electrons. The summed E-state index contributed by atoms with van der Waals surface area (Å²) in [5.41, 5.74) is 0. The second-order valence-corrected chi connectivity index (χ2v) is 3.67. The van der Waals surface area contributed by atoms with Crippen LogP contribution in [-0.4, -0.2) is 44.0 Å². The van der Waals surface area contributed by atoms with Gasteiger partial charge in [-0.1, -0.05) is 0 Å². The largest absolute Gasteiger partial charge is 0.350 e. The Morgan fingerprint density at radius 1 is 1.25 bits per heavy atom. The van der Waals surface area contributed by atoms with Crippen molar-refractivity contribution in [2.45, 2.75) is 31.6 Å². The van der Waals surface area contributed by atoms with Crippen LogP contribution in [0.5, 0.6) is 0 Å². The van der Waals surface area contributed by atoms with Crippen LogP contribution >= 0.6 is 0 Å². The molecule has 2 rings (SSSR count). The number of hydrogen-bond acceptors (Lipinski definition) is 3. The highest BCUT2D eigenvalue weighted by atomic mass is 16.7. The van der Waals surface area contributed by atoms with Crippen molar-refractivity contribution in [3.05, 3.63) is 0 Å². The Hall–Kier alpha value is -0.120. The molecule has 0 aromatic rings. The van der Waals surface area contributed by atoms with Gasteiger partial charge in [0, 0.05) is 19.0 Å². The molecule has 0 bridgehead atoms. The second kappa shape index (κ2) is 3.73. The van der Waals surface area contributed by atoms with E-state index in [-0.39, 0.29) is 6.29 Å². The molecule has 0 aromatic carbocycles. The molecule has 12 heavy (non-hydrogen) atoms. The van der Waals surface area contributed by atoms with Gasteiger partial charge in [0.1, 0.15) is 0 Å². The molecule has 1 aliphatic carbocycles. The third-order valence-electron chi connectivity index (χ3n) is 2.58. The van der Waals surface area contributed by atoms with Crippen molar-refractivity contribution in [2.24, 2.45) is 0 Å². The molecule has 1 saturated carbocycles. The van der Waals surface area contributed by atoms with E-state index in [1.165, 1.54) is 12.8 Å². The lowest BCUT2D eigenvalue weighted by atomic mass is 10.4. The normalized spacial score (nSPS) is 25.5. The molecule has 1 saturated heterocycles. The van der Waals surface area contributed by atoms with Crippen LogP contribution in [0.2, 0.25) is 0 Å². The van der Waals surface area contributed by atoms with E-state index in [4.69, 9.17) is 9.47 Å². The molecule has 3 heteroatoms. The Morgan fingerprint density at radius 2 is 1.92 bits per heavy atom. The zero-order valence-corrected chi connectivity index (χ0v) is 7.66. The summed E-state index contributed by atoms with van der Waals surface area (Å²) in [6.45, 7) is 2.66. The first kappa shape index (κ1) is 8.48. The summed E-state index contributed by atoms with van der Waals surface area (Å²) in [5.74, 6) is 0. The summed E-state index contributed by atoms with van der Waals surface area (Å²) in [6, 6.07) is 0.853. The van der Waals surface area contributed by atoms with Crippen LogP contribution in [0.4, 0.5) is 0 Å². The van der Waals surface area contributed by atoms with E-state index in [2.05, 4.69) is 11.9 Å². The Kier molecular flexibility index (Phi) is 2.63. The van der Waals surface area contributed by atoms with Gasteiger partial charge in [-0.3, -0.25) is 0 Å². The number of rotatable bonds is 4. The van der Waals surface area contributed by atoms with Gasteiger partial charge in [-0.15, -0.1) is 0 Å². The van der Waals surface area contributed by atoms with E-state index in [1.807, 2.05) is 0 Å². The highest BCUT2D eigenvalue weighted by molar-refractivity contribution is 4.82. The molecule has 2 aliphatic rings. The summed E-state index contributed by atoms with van der Waals surface area (Å²) >= 11 is 0. The van der Waals surface area contributed by atoms with Crippen LogP contribution in [-0.2, 0) is 9.47 Å². The molecule has 2 fully saturated rings. The van der Waals surface area contributed by atoms with Crippen molar-refractivity contribution < 1.29 is 9.47 Å². The van der Waals surface area contributed by atoms with Crippen molar-refractivity contribution in [3.63, 3.8) is 0 Å². The van der Waals surface area contributed by atoms with Gasteiger partial charge in [0.05, 0.1) is 13.2 Å². The Bertz CT molecular complexity index is 139. The van der Waals surface area contributed by atoms with Gasteiger partial charge in [0.15, 0.2) is 6.29 Å². The third-order valence-corrected chi connectivity index (χ3v) is 2.58. The van der Waals surface area contributed by atoms with Crippen molar-refractivity contribution >= 4 is 0 Å². The van der Waals surface area contributed by atoms with Crippen molar-refractivity contribution in [2.75, 3.05) is 26.8 Å². The number of nitrogens with zero attached hydrogens (tertiary/aromatic N) is 1. The molecule has 0 spiro atoms. The van der Waals surface area contributed by atoms with Gasteiger partial charge in [0.25, 0.3) is 0 Å². The van der Waals surface area contributed by atoms with E-state index in [1.54, 1.807) is 0 Å². The minimum Gasteiger partial charge on any atom is -0.350 e. The van der Waals surface area contributed by atoms with E-state index >= 15 is 0 Å². The van der Waals surface area contributed by atoms with Crippen LogP contribution in [0, 0.1) is 0 Å². The van der Waals surface area contributed by atoms with Crippen LogP contribution in [0.1, 0.15) is 19.3 Å². The SMILES string of the molecule is CN(CCC1OCCO1)C1CC1. The summed E-state index contributed by atoms with van der Waals surface area (Å²) in [7, 11) is 2.19. The zero-order valence-electron chi connectivity index (χ0n) is 7.66. The summed E-state index contributed by atoms with van der Waals surface area (Å²) in [6.07, 6.45) is 3.85.